The molecule has 0 aromatic heterocycles. The number of amides is 2. The monoisotopic (exact) mass is 354 g/mol. The average molecular weight is 354 g/mol. The predicted octanol–water partition coefficient (Wildman–Crippen LogP) is 3.77. The molecule has 0 unspecified atom stereocenters. The zero-order valence-corrected chi connectivity index (χ0v) is 16.6. The lowest BCUT2D eigenvalue weighted by Crippen LogP contribution is -2.39. The molecule has 3 rings (SSSR count). The fraction of sp³-hybridized carbons (Fsp3) is 0.545. The van der Waals surface area contributed by atoms with E-state index >= 15 is 0 Å². The molecular formula is C22H30N2O2. The van der Waals surface area contributed by atoms with Crippen molar-refractivity contribution in [1.29, 1.82) is 0 Å². The summed E-state index contributed by atoms with van der Waals surface area (Å²) in [5.41, 5.74) is 4.33. The Morgan fingerprint density at radius 3 is 2.31 bits per heavy atom. The van der Waals surface area contributed by atoms with E-state index in [2.05, 4.69) is 17.9 Å². The highest BCUT2D eigenvalue weighted by molar-refractivity contribution is 6.35. The van der Waals surface area contributed by atoms with Gasteiger partial charge < -0.3 is 4.90 Å². The molecule has 2 heterocycles. The van der Waals surface area contributed by atoms with Crippen LogP contribution in [0.5, 0.6) is 0 Å². The van der Waals surface area contributed by atoms with Crippen molar-refractivity contribution in [2.45, 2.75) is 47.5 Å². The van der Waals surface area contributed by atoms with Crippen LogP contribution in [-0.2, 0) is 9.59 Å². The fourth-order valence-corrected chi connectivity index (χ4v) is 3.96. The molecule has 1 aromatic rings. The maximum Gasteiger partial charge on any atom is 0.277 e. The van der Waals surface area contributed by atoms with Gasteiger partial charge in [-0.3, -0.25) is 14.5 Å². The van der Waals surface area contributed by atoms with Gasteiger partial charge in [-0.1, -0.05) is 44.5 Å². The standard InChI is InChI=1S/C22H30N2O2/c1-14(2)13-24-21(25)19(18-7-6-16(4)12-17(18)5)20(22(24)26)23-10-8-15(3)9-11-23/h6-7,12,14-15H,8-11,13H2,1-5H3. The summed E-state index contributed by atoms with van der Waals surface area (Å²) in [6.45, 7) is 12.6. The summed E-state index contributed by atoms with van der Waals surface area (Å²) in [7, 11) is 0. The Bertz CT molecular complexity index is 755. The lowest BCUT2D eigenvalue weighted by molar-refractivity contribution is -0.138. The number of nitrogens with zero attached hydrogens (tertiary/aromatic N) is 2. The van der Waals surface area contributed by atoms with Gasteiger partial charge in [0.25, 0.3) is 11.8 Å². The van der Waals surface area contributed by atoms with Crippen LogP contribution in [0.1, 0.15) is 50.3 Å². The molecule has 26 heavy (non-hydrogen) atoms. The molecule has 1 fully saturated rings. The minimum absolute atomic E-state index is 0.117. The Kier molecular flexibility index (Phi) is 5.22. The zero-order chi connectivity index (χ0) is 19.0. The third kappa shape index (κ3) is 3.42. The first-order valence-corrected chi connectivity index (χ1v) is 9.72. The molecule has 4 nitrogen and oxygen atoms in total. The van der Waals surface area contributed by atoms with Crippen LogP contribution >= 0.6 is 0 Å². The van der Waals surface area contributed by atoms with Crippen LogP contribution in [0, 0.1) is 25.7 Å². The van der Waals surface area contributed by atoms with E-state index in [0.717, 1.165) is 42.6 Å². The molecule has 2 amide bonds. The molecule has 140 valence electrons. The first kappa shape index (κ1) is 18.7. The van der Waals surface area contributed by atoms with Crippen LogP contribution in [0.2, 0.25) is 0 Å². The number of aryl methyl sites for hydroxylation is 2. The Labute approximate surface area is 156 Å². The molecule has 0 bridgehead atoms. The molecule has 2 aliphatic heterocycles. The van der Waals surface area contributed by atoms with E-state index in [1.54, 1.807) is 0 Å². The molecule has 0 radical (unpaired) electrons. The number of carbonyl (C=O) groups is 2. The molecule has 0 spiro atoms. The minimum Gasteiger partial charge on any atom is -0.366 e. The van der Waals surface area contributed by atoms with Crippen molar-refractivity contribution in [3.05, 3.63) is 40.6 Å². The maximum atomic E-state index is 13.2. The number of rotatable bonds is 4. The lowest BCUT2D eigenvalue weighted by Gasteiger charge is -2.33. The third-order valence-corrected chi connectivity index (χ3v) is 5.44. The summed E-state index contributed by atoms with van der Waals surface area (Å²) in [4.78, 5) is 30.0. The Morgan fingerprint density at radius 2 is 1.73 bits per heavy atom. The number of carbonyl (C=O) groups excluding carboxylic acids is 2. The SMILES string of the molecule is Cc1ccc(C2=C(N3CCC(C)CC3)C(=O)N(CC(C)C)C2=O)c(C)c1. The van der Waals surface area contributed by atoms with E-state index in [4.69, 9.17) is 0 Å². The van der Waals surface area contributed by atoms with Crippen molar-refractivity contribution >= 4 is 17.4 Å². The van der Waals surface area contributed by atoms with Gasteiger partial charge in [0.05, 0.1) is 5.57 Å². The second kappa shape index (κ2) is 7.26. The summed E-state index contributed by atoms with van der Waals surface area (Å²) in [5, 5.41) is 0. The summed E-state index contributed by atoms with van der Waals surface area (Å²) >= 11 is 0. The fourth-order valence-electron chi connectivity index (χ4n) is 3.96. The van der Waals surface area contributed by atoms with Gasteiger partial charge in [0.15, 0.2) is 0 Å². The maximum absolute atomic E-state index is 13.2. The quantitative estimate of drug-likeness (QED) is 0.773. The van der Waals surface area contributed by atoms with Crippen LogP contribution in [0.4, 0.5) is 0 Å². The largest absolute Gasteiger partial charge is 0.366 e. The second-order valence-electron chi connectivity index (χ2n) is 8.33. The first-order valence-electron chi connectivity index (χ1n) is 9.72. The van der Waals surface area contributed by atoms with Gasteiger partial charge in [-0.25, -0.2) is 0 Å². The first-order chi connectivity index (χ1) is 12.3. The number of piperidine rings is 1. The smallest absolute Gasteiger partial charge is 0.277 e. The molecule has 2 aliphatic rings. The summed E-state index contributed by atoms with van der Waals surface area (Å²) in [6.07, 6.45) is 2.13. The van der Waals surface area contributed by atoms with E-state index in [0.29, 0.717) is 23.7 Å². The molecule has 0 atom stereocenters. The van der Waals surface area contributed by atoms with E-state index in [-0.39, 0.29) is 17.7 Å². The van der Waals surface area contributed by atoms with Gasteiger partial charge in [0.1, 0.15) is 5.70 Å². The number of likely N-dealkylation sites (tertiary alicyclic amines) is 1. The van der Waals surface area contributed by atoms with Crippen LogP contribution < -0.4 is 0 Å². The van der Waals surface area contributed by atoms with Gasteiger partial charge in [-0.2, -0.15) is 0 Å². The Balaban J connectivity index is 2.08. The molecular weight excluding hydrogens is 324 g/mol. The van der Waals surface area contributed by atoms with Crippen molar-refractivity contribution in [2.75, 3.05) is 19.6 Å². The minimum atomic E-state index is -0.135. The predicted molar refractivity (Wildman–Crippen MR) is 104 cm³/mol. The van der Waals surface area contributed by atoms with Gasteiger partial charge in [-0.05, 0) is 49.7 Å². The Morgan fingerprint density at radius 1 is 1.08 bits per heavy atom. The van der Waals surface area contributed by atoms with Crippen LogP contribution in [0.3, 0.4) is 0 Å². The summed E-state index contributed by atoms with van der Waals surface area (Å²) in [6, 6.07) is 6.10. The van der Waals surface area contributed by atoms with E-state index in [1.807, 2.05) is 39.8 Å². The zero-order valence-electron chi connectivity index (χ0n) is 16.6. The van der Waals surface area contributed by atoms with Crippen LogP contribution in [0.25, 0.3) is 5.57 Å². The molecule has 0 aliphatic carbocycles. The molecule has 1 aromatic carbocycles. The average Bonchev–Trinajstić information content (AvgIpc) is 2.80. The van der Waals surface area contributed by atoms with Crippen molar-refractivity contribution in [3.63, 3.8) is 0 Å². The number of benzene rings is 1. The van der Waals surface area contributed by atoms with Crippen LogP contribution in [0.15, 0.2) is 23.9 Å². The molecule has 0 saturated carbocycles. The highest BCUT2D eigenvalue weighted by Gasteiger charge is 2.42. The van der Waals surface area contributed by atoms with E-state index in [1.165, 1.54) is 4.90 Å². The van der Waals surface area contributed by atoms with E-state index in [9.17, 15) is 9.59 Å². The topological polar surface area (TPSA) is 40.6 Å². The van der Waals surface area contributed by atoms with Crippen molar-refractivity contribution in [1.82, 2.24) is 9.80 Å². The summed E-state index contributed by atoms with van der Waals surface area (Å²) < 4.78 is 0. The van der Waals surface area contributed by atoms with Crippen molar-refractivity contribution < 1.29 is 9.59 Å². The number of imide groups is 1. The Hall–Kier alpha value is -2.10. The number of hydrogen-bond donors (Lipinski definition) is 0. The van der Waals surface area contributed by atoms with Gasteiger partial charge in [0, 0.05) is 19.6 Å². The molecule has 4 heteroatoms. The number of hydrogen-bond acceptors (Lipinski definition) is 3. The van der Waals surface area contributed by atoms with Crippen molar-refractivity contribution in [2.24, 2.45) is 11.8 Å². The highest BCUT2D eigenvalue weighted by atomic mass is 16.2. The highest BCUT2D eigenvalue weighted by Crippen LogP contribution is 2.35. The summed E-state index contributed by atoms with van der Waals surface area (Å²) in [5.74, 6) is 0.678. The van der Waals surface area contributed by atoms with E-state index < -0.39 is 0 Å². The van der Waals surface area contributed by atoms with Crippen LogP contribution in [-0.4, -0.2) is 41.2 Å². The van der Waals surface area contributed by atoms with Gasteiger partial charge >= 0.3 is 0 Å². The lowest BCUT2D eigenvalue weighted by atomic mass is 9.95. The van der Waals surface area contributed by atoms with Gasteiger partial charge in [-0.15, -0.1) is 0 Å². The van der Waals surface area contributed by atoms with Gasteiger partial charge in [0.2, 0.25) is 0 Å². The third-order valence-electron chi connectivity index (χ3n) is 5.44. The molecule has 0 N–H and O–H groups in total. The van der Waals surface area contributed by atoms with Crippen molar-refractivity contribution in [3.8, 4) is 0 Å². The molecule has 1 saturated heterocycles. The normalized spacial score (nSPS) is 19.3. The second-order valence-corrected chi connectivity index (χ2v) is 8.33.